The molecular weight excluding hydrogens is 446 g/mol. The molecule has 2 unspecified atom stereocenters. The molecule has 8 heteroatoms. The number of nitrogens with zero attached hydrogens (tertiary/aromatic N) is 1. The topological polar surface area (TPSA) is 61.1 Å². The minimum atomic E-state index is -4.59. The summed E-state index contributed by atoms with van der Waals surface area (Å²) in [6, 6.07) is 15.1. The molecule has 2 atom stereocenters. The fourth-order valence-corrected chi connectivity index (χ4v) is 4.04. The van der Waals surface area contributed by atoms with Crippen LogP contribution in [0.4, 0.5) is 17.6 Å². The second-order valence-electron chi connectivity index (χ2n) is 7.28. The van der Waals surface area contributed by atoms with Gasteiger partial charge in [0, 0.05) is 5.02 Å². The summed E-state index contributed by atoms with van der Waals surface area (Å²) in [6.45, 7) is 1.40. The fraction of sp³-hybridized carbons (Fsp3) is 0.167. The quantitative estimate of drug-likeness (QED) is 0.410. The zero-order valence-electron chi connectivity index (χ0n) is 16.6. The molecule has 0 aliphatic heterocycles. The molecule has 0 spiro atoms. The fourth-order valence-electron chi connectivity index (χ4n) is 3.69. The lowest BCUT2D eigenvalue weighted by Gasteiger charge is -2.28. The van der Waals surface area contributed by atoms with Gasteiger partial charge in [-0.05, 0) is 58.5 Å². The molecular formula is C24H16ClF4NO2. The highest BCUT2D eigenvalue weighted by Gasteiger charge is 2.45. The Morgan fingerprint density at radius 1 is 1.06 bits per heavy atom. The van der Waals surface area contributed by atoms with Crippen LogP contribution in [-0.4, -0.2) is 17.3 Å². The summed E-state index contributed by atoms with van der Waals surface area (Å²) in [4.78, 5) is 11.2. The molecule has 3 nitrogen and oxygen atoms in total. The van der Waals surface area contributed by atoms with Gasteiger partial charge in [-0.15, -0.1) is 0 Å². The number of carbonyl (C=O) groups is 1. The van der Waals surface area contributed by atoms with Crippen molar-refractivity contribution in [3.05, 3.63) is 93.8 Å². The number of benzene rings is 3. The van der Waals surface area contributed by atoms with Crippen LogP contribution in [-0.2, 0) is 0 Å². The van der Waals surface area contributed by atoms with Gasteiger partial charge in [-0.1, -0.05) is 48.9 Å². The van der Waals surface area contributed by atoms with Gasteiger partial charge in [-0.3, -0.25) is 0 Å². The molecule has 32 heavy (non-hydrogen) atoms. The van der Waals surface area contributed by atoms with E-state index in [1.807, 2.05) is 6.07 Å². The van der Waals surface area contributed by atoms with Crippen molar-refractivity contribution < 1.29 is 27.5 Å². The highest BCUT2D eigenvalue weighted by atomic mass is 35.5. The number of hydrogen-bond donors (Lipinski definition) is 1. The van der Waals surface area contributed by atoms with Gasteiger partial charge in [0.05, 0.1) is 23.1 Å². The third-order valence-electron chi connectivity index (χ3n) is 5.25. The molecule has 3 rings (SSSR count). The molecule has 164 valence electrons. The molecule has 0 aromatic heterocycles. The second-order valence-corrected chi connectivity index (χ2v) is 7.69. The lowest BCUT2D eigenvalue weighted by atomic mass is 9.81. The van der Waals surface area contributed by atoms with Gasteiger partial charge >= 0.3 is 12.1 Å². The zero-order chi connectivity index (χ0) is 23.6. The van der Waals surface area contributed by atoms with Gasteiger partial charge in [0.1, 0.15) is 5.82 Å². The first-order chi connectivity index (χ1) is 15.0. The Bertz CT molecular complexity index is 1220. The van der Waals surface area contributed by atoms with Crippen LogP contribution < -0.4 is 0 Å². The molecule has 0 aliphatic carbocycles. The van der Waals surface area contributed by atoms with Crippen molar-refractivity contribution in [2.24, 2.45) is 0 Å². The number of hydrogen-bond acceptors (Lipinski definition) is 2. The van der Waals surface area contributed by atoms with Gasteiger partial charge < -0.3 is 5.11 Å². The Kier molecular flexibility index (Phi) is 6.56. The number of alkyl halides is 3. The molecule has 0 saturated carbocycles. The van der Waals surface area contributed by atoms with E-state index in [-0.39, 0.29) is 21.7 Å². The van der Waals surface area contributed by atoms with Crippen LogP contribution in [0.2, 0.25) is 5.02 Å². The summed E-state index contributed by atoms with van der Waals surface area (Å²) in [5, 5.41) is 18.2. The minimum absolute atomic E-state index is 0.0474. The number of nitriles is 1. The first-order valence-electron chi connectivity index (χ1n) is 9.42. The predicted molar refractivity (Wildman–Crippen MR) is 112 cm³/mol. The summed E-state index contributed by atoms with van der Waals surface area (Å²) in [6.07, 6.45) is -4.59. The van der Waals surface area contributed by atoms with Crippen LogP contribution >= 0.6 is 11.6 Å². The van der Waals surface area contributed by atoms with Crippen molar-refractivity contribution in [3.63, 3.8) is 0 Å². The van der Waals surface area contributed by atoms with Crippen molar-refractivity contribution in [1.29, 1.82) is 5.26 Å². The normalized spacial score (nSPS) is 13.3. The summed E-state index contributed by atoms with van der Waals surface area (Å²) in [5.74, 6) is -5.31. The maximum absolute atomic E-state index is 14.0. The van der Waals surface area contributed by atoms with Crippen molar-refractivity contribution >= 4 is 17.6 Å². The number of carboxylic acid groups (broad SMARTS) is 1. The Morgan fingerprint density at radius 2 is 1.72 bits per heavy atom. The molecule has 0 radical (unpaired) electrons. The molecule has 1 N–H and O–H groups in total. The van der Waals surface area contributed by atoms with E-state index in [2.05, 4.69) is 0 Å². The van der Waals surface area contributed by atoms with Gasteiger partial charge in [0.2, 0.25) is 0 Å². The number of halogens is 5. The molecule has 0 amide bonds. The Morgan fingerprint density at radius 3 is 2.31 bits per heavy atom. The van der Waals surface area contributed by atoms with E-state index in [9.17, 15) is 22.4 Å². The summed E-state index contributed by atoms with van der Waals surface area (Å²) >= 11 is 6.34. The SMILES string of the molecule is CC(c1ccc(-c2ccc(F)c(C(=O)O)c2)cc1Cl)C(c1cccc(C#N)c1)C(F)(F)F. The smallest absolute Gasteiger partial charge is 0.396 e. The van der Waals surface area contributed by atoms with Crippen LogP contribution in [0.3, 0.4) is 0 Å². The van der Waals surface area contributed by atoms with E-state index in [0.717, 1.165) is 12.1 Å². The highest BCUT2D eigenvalue weighted by Crippen LogP contribution is 2.46. The zero-order valence-corrected chi connectivity index (χ0v) is 17.4. The molecule has 0 bridgehead atoms. The number of carboxylic acids is 1. The average Bonchev–Trinajstić information content (AvgIpc) is 2.73. The van der Waals surface area contributed by atoms with Crippen molar-refractivity contribution in [2.45, 2.75) is 24.9 Å². The third-order valence-corrected chi connectivity index (χ3v) is 5.58. The first kappa shape index (κ1) is 23.3. The first-order valence-corrected chi connectivity index (χ1v) is 9.80. The minimum Gasteiger partial charge on any atom is -0.478 e. The summed E-state index contributed by atoms with van der Waals surface area (Å²) in [5.41, 5.74) is 0.582. The van der Waals surface area contributed by atoms with E-state index in [4.69, 9.17) is 22.0 Å². The van der Waals surface area contributed by atoms with E-state index in [1.54, 1.807) is 0 Å². The lowest BCUT2D eigenvalue weighted by molar-refractivity contribution is -0.154. The molecule has 3 aromatic rings. The van der Waals surface area contributed by atoms with Crippen molar-refractivity contribution in [1.82, 2.24) is 0 Å². The molecule has 0 saturated heterocycles. The molecule has 0 aliphatic rings. The number of aromatic carboxylic acids is 1. The van der Waals surface area contributed by atoms with Gasteiger partial charge in [-0.25, -0.2) is 9.18 Å². The Hall–Kier alpha value is -3.37. The monoisotopic (exact) mass is 461 g/mol. The van der Waals surface area contributed by atoms with Crippen LogP contribution in [0.25, 0.3) is 11.1 Å². The van der Waals surface area contributed by atoms with E-state index < -0.39 is 35.4 Å². The van der Waals surface area contributed by atoms with Crippen LogP contribution in [0.5, 0.6) is 0 Å². The molecule has 3 aromatic carbocycles. The van der Waals surface area contributed by atoms with Gasteiger partial charge in [0.15, 0.2) is 0 Å². The largest absolute Gasteiger partial charge is 0.478 e. The Balaban J connectivity index is 2.03. The standard InChI is InChI=1S/C24H16ClF4NO2/c1-13(22(24(27,28)29)17-4-2-3-14(9-17)12-30)18-7-5-16(11-20(18)25)15-6-8-21(26)19(10-15)23(31)32/h2-11,13,22H,1H3,(H,31,32). The van der Waals surface area contributed by atoms with Crippen LogP contribution in [0.15, 0.2) is 60.7 Å². The maximum atomic E-state index is 14.0. The highest BCUT2D eigenvalue weighted by molar-refractivity contribution is 6.31. The third kappa shape index (κ3) is 4.76. The van der Waals surface area contributed by atoms with E-state index in [0.29, 0.717) is 11.1 Å². The average molecular weight is 462 g/mol. The van der Waals surface area contributed by atoms with Gasteiger partial charge in [-0.2, -0.15) is 18.4 Å². The van der Waals surface area contributed by atoms with Gasteiger partial charge in [0.25, 0.3) is 0 Å². The van der Waals surface area contributed by atoms with E-state index in [1.165, 1.54) is 55.5 Å². The second kappa shape index (κ2) is 9.01. The van der Waals surface area contributed by atoms with Crippen LogP contribution in [0.1, 0.15) is 45.8 Å². The summed E-state index contributed by atoms with van der Waals surface area (Å²) < 4.78 is 55.7. The molecule has 0 fully saturated rings. The molecule has 0 heterocycles. The summed E-state index contributed by atoms with van der Waals surface area (Å²) in [7, 11) is 0. The van der Waals surface area contributed by atoms with Crippen molar-refractivity contribution in [3.8, 4) is 17.2 Å². The Labute approximate surface area is 186 Å². The number of rotatable bonds is 5. The maximum Gasteiger partial charge on any atom is 0.396 e. The van der Waals surface area contributed by atoms with E-state index >= 15 is 0 Å². The predicted octanol–water partition coefficient (Wildman–Crippen LogP) is 7.17. The lowest BCUT2D eigenvalue weighted by Crippen LogP contribution is -2.26. The van der Waals surface area contributed by atoms with Crippen molar-refractivity contribution in [2.75, 3.05) is 0 Å². The van der Waals surface area contributed by atoms with Crippen LogP contribution in [0, 0.1) is 17.1 Å².